The van der Waals surface area contributed by atoms with Crippen LogP contribution in [0.5, 0.6) is 0 Å². The van der Waals surface area contributed by atoms with Gasteiger partial charge in [0.05, 0.1) is 25.3 Å². The summed E-state index contributed by atoms with van der Waals surface area (Å²) in [5, 5.41) is 15.0. The van der Waals surface area contributed by atoms with Crippen molar-refractivity contribution in [2.45, 2.75) is 38.5 Å². The summed E-state index contributed by atoms with van der Waals surface area (Å²) in [4.78, 5) is 0. The summed E-state index contributed by atoms with van der Waals surface area (Å²) in [5.74, 6) is 0.836. The van der Waals surface area contributed by atoms with Crippen LogP contribution in [0.3, 0.4) is 0 Å². The van der Waals surface area contributed by atoms with Crippen molar-refractivity contribution in [1.82, 2.24) is 25.5 Å². The molecule has 2 heterocycles. The summed E-state index contributed by atoms with van der Waals surface area (Å²) < 4.78 is 12.6. The van der Waals surface area contributed by atoms with Crippen LogP contribution in [0.15, 0.2) is 0 Å². The number of nitrogens with one attached hydrogen (secondary N) is 1. The van der Waals surface area contributed by atoms with Crippen molar-refractivity contribution in [3.63, 3.8) is 0 Å². The van der Waals surface area contributed by atoms with Crippen LogP contribution in [0.1, 0.15) is 25.6 Å². The highest BCUT2D eigenvalue weighted by Gasteiger charge is 2.31. The van der Waals surface area contributed by atoms with Crippen molar-refractivity contribution in [3.05, 3.63) is 5.82 Å². The minimum atomic E-state index is -0.128. The quantitative estimate of drug-likeness (QED) is 0.690. The highest BCUT2D eigenvalue weighted by Crippen LogP contribution is 2.26. The maximum absolute atomic E-state index is 5.75. The fourth-order valence-corrected chi connectivity index (χ4v) is 2.13. The van der Waals surface area contributed by atoms with Gasteiger partial charge in [-0.25, -0.2) is 4.68 Å². The van der Waals surface area contributed by atoms with Crippen LogP contribution < -0.4 is 5.32 Å². The van der Waals surface area contributed by atoms with Gasteiger partial charge in [-0.2, -0.15) is 0 Å². The first-order valence-corrected chi connectivity index (χ1v) is 6.32. The Labute approximate surface area is 107 Å². The molecule has 1 atom stereocenters. The third-order valence-electron chi connectivity index (χ3n) is 3.16. The van der Waals surface area contributed by atoms with Crippen LogP contribution in [0.25, 0.3) is 0 Å². The highest BCUT2D eigenvalue weighted by molar-refractivity contribution is 4.86. The van der Waals surface area contributed by atoms with Crippen LogP contribution in [0.2, 0.25) is 0 Å². The molecule has 1 aliphatic rings. The molecule has 2 rings (SSSR count). The van der Waals surface area contributed by atoms with E-state index in [4.69, 9.17) is 9.47 Å². The van der Waals surface area contributed by atoms with Gasteiger partial charge in [-0.1, -0.05) is 0 Å². The Morgan fingerprint density at radius 3 is 3.17 bits per heavy atom. The van der Waals surface area contributed by atoms with Gasteiger partial charge < -0.3 is 14.8 Å². The van der Waals surface area contributed by atoms with E-state index in [1.165, 1.54) is 0 Å². The number of hydrogen-bond donors (Lipinski definition) is 1. The molecular formula is C11H21N5O2. The zero-order valence-corrected chi connectivity index (χ0v) is 11.1. The molecule has 7 heteroatoms. The smallest absolute Gasteiger partial charge is 0.165 e. The van der Waals surface area contributed by atoms with Crippen molar-refractivity contribution in [1.29, 1.82) is 0 Å². The molecule has 0 saturated carbocycles. The van der Waals surface area contributed by atoms with Gasteiger partial charge in [0.2, 0.25) is 0 Å². The molecule has 1 unspecified atom stereocenters. The van der Waals surface area contributed by atoms with Crippen molar-refractivity contribution >= 4 is 0 Å². The summed E-state index contributed by atoms with van der Waals surface area (Å²) in [6, 6.07) is 0. The number of methoxy groups -OCH3 is 1. The number of nitrogens with zero attached hydrogens (tertiary/aromatic N) is 4. The number of rotatable bonds is 7. The molecule has 0 radical (unpaired) electrons. The van der Waals surface area contributed by atoms with Gasteiger partial charge in [0.1, 0.15) is 0 Å². The van der Waals surface area contributed by atoms with Gasteiger partial charge in [0.15, 0.2) is 5.82 Å². The van der Waals surface area contributed by atoms with Gasteiger partial charge in [-0.3, -0.25) is 0 Å². The summed E-state index contributed by atoms with van der Waals surface area (Å²) in [6.07, 6.45) is 2.17. The molecule has 0 aromatic carbocycles. The lowest BCUT2D eigenvalue weighted by atomic mass is 10.0. The summed E-state index contributed by atoms with van der Waals surface area (Å²) >= 11 is 0. The SMILES string of the molecule is COCCNCc1nnnn1CC1(C)CCCO1. The largest absolute Gasteiger partial charge is 0.383 e. The number of hydrogen-bond acceptors (Lipinski definition) is 6. The van der Waals surface area contributed by atoms with Crippen LogP contribution in [-0.4, -0.2) is 52.7 Å². The van der Waals surface area contributed by atoms with Crippen molar-refractivity contribution in [2.24, 2.45) is 0 Å². The Morgan fingerprint density at radius 2 is 2.44 bits per heavy atom. The molecular weight excluding hydrogens is 234 g/mol. The molecule has 0 spiro atoms. The summed E-state index contributed by atoms with van der Waals surface area (Å²) in [5.41, 5.74) is -0.128. The van der Waals surface area contributed by atoms with E-state index in [0.717, 1.165) is 31.8 Å². The predicted molar refractivity (Wildman–Crippen MR) is 65.0 cm³/mol. The molecule has 1 fully saturated rings. The van der Waals surface area contributed by atoms with Crippen LogP contribution in [0, 0.1) is 0 Å². The van der Waals surface area contributed by atoms with Gasteiger partial charge in [0.25, 0.3) is 0 Å². The Morgan fingerprint density at radius 1 is 1.56 bits per heavy atom. The molecule has 1 aliphatic heterocycles. The molecule has 1 aromatic rings. The van der Waals surface area contributed by atoms with E-state index >= 15 is 0 Å². The zero-order chi connectivity index (χ0) is 12.8. The molecule has 7 nitrogen and oxygen atoms in total. The molecule has 0 aliphatic carbocycles. The first kappa shape index (κ1) is 13.4. The molecule has 1 aromatic heterocycles. The Kier molecular flexibility index (Phi) is 4.62. The van der Waals surface area contributed by atoms with Gasteiger partial charge >= 0.3 is 0 Å². The lowest BCUT2D eigenvalue weighted by molar-refractivity contribution is 0.00243. The second kappa shape index (κ2) is 6.21. The summed E-state index contributed by atoms with van der Waals surface area (Å²) in [7, 11) is 1.68. The van der Waals surface area contributed by atoms with Gasteiger partial charge in [-0.15, -0.1) is 5.10 Å². The second-order valence-corrected chi connectivity index (χ2v) is 4.82. The lowest BCUT2D eigenvalue weighted by Crippen LogP contribution is -2.32. The third-order valence-corrected chi connectivity index (χ3v) is 3.16. The first-order valence-electron chi connectivity index (χ1n) is 6.32. The van der Waals surface area contributed by atoms with Crippen molar-refractivity contribution < 1.29 is 9.47 Å². The molecule has 0 amide bonds. The normalized spacial score (nSPS) is 23.7. The van der Waals surface area contributed by atoms with Gasteiger partial charge in [-0.05, 0) is 30.2 Å². The lowest BCUT2D eigenvalue weighted by Gasteiger charge is -2.23. The standard InChI is InChI=1S/C11H21N5O2/c1-11(4-3-6-18-11)9-16-10(13-14-15-16)8-12-5-7-17-2/h12H,3-9H2,1-2H3. The van der Waals surface area contributed by atoms with Gasteiger partial charge in [0, 0.05) is 20.3 Å². The van der Waals surface area contributed by atoms with E-state index in [2.05, 4.69) is 27.8 Å². The zero-order valence-electron chi connectivity index (χ0n) is 11.1. The molecule has 18 heavy (non-hydrogen) atoms. The first-order chi connectivity index (χ1) is 8.73. The number of aromatic nitrogens is 4. The van der Waals surface area contributed by atoms with E-state index in [-0.39, 0.29) is 5.60 Å². The van der Waals surface area contributed by atoms with Crippen LogP contribution >= 0.6 is 0 Å². The minimum absolute atomic E-state index is 0.128. The summed E-state index contributed by atoms with van der Waals surface area (Å²) in [6.45, 7) is 5.77. The highest BCUT2D eigenvalue weighted by atomic mass is 16.5. The molecule has 0 bridgehead atoms. The number of tetrazole rings is 1. The van der Waals surface area contributed by atoms with Crippen molar-refractivity contribution in [2.75, 3.05) is 26.9 Å². The van der Waals surface area contributed by atoms with E-state index in [0.29, 0.717) is 19.7 Å². The average Bonchev–Trinajstić information content (AvgIpc) is 2.95. The number of ether oxygens (including phenoxy) is 2. The van der Waals surface area contributed by atoms with E-state index in [9.17, 15) is 0 Å². The Bertz CT molecular complexity index is 362. The van der Waals surface area contributed by atoms with Crippen LogP contribution in [0.4, 0.5) is 0 Å². The van der Waals surface area contributed by atoms with Crippen molar-refractivity contribution in [3.8, 4) is 0 Å². The second-order valence-electron chi connectivity index (χ2n) is 4.82. The maximum Gasteiger partial charge on any atom is 0.165 e. The molecule has 1 N–H and O–H groups in total. The van der Waals surface area contributed by atoms with Crippen LogP contribution in [-0.2, 0) is 22.6 Å². The van der Waals surface area contributed by atoms with E-state index in [1.54, 1.807) is 7.11 Å². The monoisotopic (exact) mass is 255 g/mol. The average molecular weight is 255 g/mol. The minimum Gasteiger partial charge on any atom is -0.383 e. The van der Waals surface area contributed by atoms with E-state index < -0.39 is 0 Å². The molecule has 102 valence electrons. The maximum atomic E-state index is 5.75. The third kappa shape index (κ3) is 3.47. The fraction of sp³-hybridized carbons (Fsp3) is 0.909. The Hall–Kier alpha value is -1.05. The van der Waals surface area contributed by atoms with E-state index in [1.807, 2.05) is 4.68 Å². The fourth-order valence-electron chi connectivity index (χ4n) is 2.13. The Balaban J connectivity index is 1.87. The topological polar surface area (TPSA) is 74.1 Å². The predicted octanol–water partition coefficient (Wildman–Crippen LogP) is -0.0218. The molecule has 1 saturated heterocycles.